The van der Waals surface area contributed by atoms with Crippen molar-refractivity contribution in [3.05, 3.63) is 107 Å². The molecule has 1 fully saturated rings. The predicted molar refractivity (Wildman–Crippen MR) is 202 cm³/mol. The fourth-order valence-electron chi connectivity index (χ4n) is 4.90. The minimum Gasteiger partial charge on any atom is -0.506 e. The number of ether oxygens (including phenoxy) is 2. The number of carbonyl (C=O) groups excluding carboxylic acids is 2. The first-order valence-corrected chi connectivity index (χ1v) is 19.5. The summed E-state index contributed by atoms with van der Waals surface area (Å²) in [6.45, 7) is 15.0. The molecule has 16 heteroatoms. The molecule has 4 aromatic rings. The van der Waals surface area contributed by atoms with Crippen LogP contribution in [-0.4, -0.2) is 74.3 Å². The van der Waals surface area contributed by atoms with Crippen LogP contribution in [0.4, 0.5) is 0 Å². The summed E-state index contributed by atoms with van der Waals surface area (Å²) in [4.78, 5) is 22.8. The molecule has 0 unspecified atom stereocenters. The fraction of sp³-hybridized carbons (Fsp3) is 0.316. The average molecular weight is 787 g/mol. The van der Waals surface area contributed by atoms with E-state index in [0.29, 0.717) is 0 Å². The Morgan fingerprint density at radius 3 is 1.09 bits per heavy atom. The van der Waals surface area contributed by atoms with Crippen LogP contribution in [0.5, 0.6) is 23.0 Å². The van der Waals surface area contributed by atoms with Crippen molar-refractivity contribution >= 4 is 32.2 Å². The van der Waals surface area contributed by atoms with Gasteiger partial charge in [0.1, 0.15) is 32.8 Å². The zero-order valence-corrected chi connectivity index (χ0v) is 32.4. The zero-order valence-electron chi connectivity index (χ0n) is 30.8. The minimum atomic E-state index is -4.68. The lowest BCUT2D eigenvalue weighted by Crippen LogP contribution is -2.39. The first-order chi connectivity index (χ1) is 25.0. The van der Waals surface area contributed by atoms with E-state index in [1.807, 2.05) is 0 Å². The molecule has 1 aliphatic rings. The van der Waals surface area contributed by atoms with E-state index in [1.165, 1.54) is 12.1 Å². The second-order valence-corrected chi connectivity index (χ2v) is 16.9. The molecule has 0 radical (unpaired) electrons. The van der Waals surface area contributed by atoms with Crippen molar-refractivity contribution in [1.29, 1.82) is 0 Å². The number of benzene rings is 4. The Hall–Kier alpha value is -4.84. The van der Waals surface area contributed by atoms with Crippen molar-refractivity contribution in [2.75, 3.05) is 26.2 Å². The van der Waals surface area contributed by atoms with Crippen molar-refractivity contribution in [3.8, 4) is 23.0 Å². The van der Waals surface area contributed by atoms with Crippen LogP contribution in [0.15, 0.2) is 94.7 Å². The van der Waals surface area contributed by atoms with E-state index in [0.717, 1.165) is 38.3 Å². The van der Waals surface area contributed by atoms with Gasteiger partial charge in [-0.25, -0.2) is 9.59 Å². The van der Waals surface area contributed by atoms with Crippen LogP contribution in [0.1, 0.15) is 73.4 Å². The number of carbonyl (C=O) groups is 2. The van der Waals surface area contributed by atoms with Crippen LogP contribution in [0.2, 0.25) is 0 Å². The molecule has 0 aliphatic carbocycles. The number of aromatic hydroxyl groups is 2. The zero-order chi connectivity index (χ0) is 40.5. The van der Waals surface area contributed by atoms with Crippen LogP contribution in [-0.2, 0) is 31.1 Å². The largest absolute Gasteiger partial charge is 0.506 e. The monoisotopic (exact) mass is 786 g/mol. The SMILES string of the molecule is C1CNCCN1.CC(C)(C)c1cc(OC(=O)c2ccccc2)cc(S(=O)(=O)O)c1O.CC(C)(C)c1cc(OC(=O)c2ccccc2)cc(S(=O)(=O)O)c1O. The normalized spacial score (nSPS) is 13.3. The topological polar surface area (TPSA) is 226 Å². The Balaban J connectivity index is 0.000000251. The maximum Gasteiger partial charge on any atom is 0.343 e. The summed E-state index contributed by atoms with van der Waals surface area (Å²) < 4.78 is 75.0. The second kappa shape index (κ2) is 18.0. The lowest BCUT2D eigenvalue weighted by atomic mass is 9.86. The van der Waals surface area contributed by atoms with E-state index in [4.69, 9.17) is 9.47 Å². The van der Waals surface area contributed by atoms with E-state index in [1.54, 1.807) is 102 Å². The predicted octanol–water partition coefficient (Wildman–Crippen LogP) is 5.49. The van der Waals surface area contributed by atoms with Crippen LogP contribution in [0, 0.1) is 0 Å². The summed E-state index contributed by atoms with van der Waals surface area (Å²) in [5.74, 6) is -2.66. The van der Waals surface area contributed by atoms with Crippen LogP contribution >= 0.6 is 0 Å². The van der Waals surface area contributed by atoms with Gasteiger partial charge in [-0.2, -0.15) is 16.8 Å². The summed E-state index contributed by atoms with van der Waals surface area (Å²) in [7, 11) is -9.36. The second-order valence-electron chi connectivity index (χ2n) is 14.1. The molecular formula is C38H46N2O12S2. The minimum absolute atomic E-state index is 0.0841. The molecule has 292 valence electrons. The number of rotatable bonds is 6. The van der Waals surface area contributed by atoms with Gasteiger partial charge in [0.05, 0.1) is 11.1 Å². The number of piperazine rings is 1. The molecule has 1 aliphatic heterocycles. The Kier molecular flexibility index (Phi) is 14.5. The summed E-state index contributed by atoms with van der Waals surface area (Å²) in [5.41, 5.74) is -0.244. The van der Waals surface area contributed by atoms with Crippen LogP contribution < -0.4 is 20.1 Å². The third-order valence-corrected chi connectivity index (χ3v) is 9.40. The van der Waals surface area contributed by atoms with Gasteiger partial charge in [0.15, 0.2) is 0 Å². The quantitative estimate of drug-likeness (QED) is 0.0808. The van der Waals surface area contributed by atoms with Gasteiger partial charge in [0.25, 0.3) is 20.2 Å². The molecule has 0 atom stereocenters. The lowest BCUT2D eigenvalue weighted by molar-refractivity contribution is 0.0724. The molecule has 1 saturated heterocycles. The standard InChI is InChI=1S/2C17H18O6S.C4H10N2/c2*1-17(2,3)13-9-12(10-14(15(13)18)24(20,21)22)23-16(19)11-7-5-4-6-8-11;1-2-6-4-3-5-1/h2*4-10,18H,1-3H3,(H,20,21,22);5-6H,1-4H2. The number of nitrogens with one attached hydrogen (secondary N) is 2. The van der Waals surface area contributed by atoms with Crippen LogP contribution in [0.25, 0.3) is 0 Å². The molecule has 0 aromatic heterocycles. The van der Waals surface area contributed by atoms with Crippen LogP contribution in [0.3, 0.4) is 0 Å². The summed E-state index contributed by atoms with van der Waals surface area (Å²) in [6.07, 6.45) is 0. The van der Waals surface area contributed by atoms with Gasteiger partial charge in [-0.3, -0.25) is 9.11 Å². The summed E-state index contributed by atoms with van der Waals surface area (Å²) >= 11 is 0. The molecule has 4 aromatic carbocycles. The third-order valence-electron chi connectivity index (χ3n) is 7.67. The van der Waals surface area contributed by atoms with Crippen molar-refractivity contribution in [3.63, 3.8) is 0 Å². The highest BCUT2D eigenvalue weighted by Gasteiger charge is 2.29. The van der Waals surface area contributed by atoms with E-state index >= 15 is 0 Å². The highest BCUT2D eigenvalue weighted by atomic mass is 32.2. The molecule has 5 rings (SSSR count). The Morgan fingerprint density at radius 2 is 0.852 bits per heavy atom. The van der Waals surface area contributed by atoms with Crippen molar-refractivity contribution in [2.45, 2.75) is 62.2 Å². The first-order valence-electron chi connectivity index (χ1n) is 16.7. The molecule has 1 heterocycles. The molecule has 6 N–H and O–H groups in total. The lowest BCUT2D eigenvalue weighted by Gasteiger charge is -2.22. The number of phenols is 2. The van der Waals surface area contributed by atoms with E-state index in [2.05, 4.69) is 10.6 Å². The molecule has 14 nitrogen and oxygen atoms in total. The van der Waals surface area contributed by atoms with Crippen molar-refractivity contribution in [2.24, 2.45) is 0 Å². The average Bonchev–Trinajstić information content (AvgIpc) is 3.09. The molecule has 0 spiro atoms. The molecular weight excluding hydrogens is 741 g/mol. The van der Waals surface area contributed by atoms with Gasteiger partial charge in [-0.15, -0.1) is 0 Å². The van der Waals surface area contributed by atoms with E-state index < -0.39 is 64.3 Å². The van der Waals surface area contributed by atoms with E-state index in [9.17, 15) is 45.7 Å². The van der Waals surface area contributed by atoms with Gasteiger partial charge in [-0.1, -0.05) is 77.9 Å². The van der Waals surface area contributed by atoms with Gasteiger partial charge in [-0.05, 0) is 47.2 Å². The Labute approximate surface area is 315 Å². The van der Waals surface area contributed by atoms with Gasteiger partial charge in [0.2, 0.25) is 0 Å². The maximum atomic E-state index is 12.1. The number of phenolic OH excluding ortho intramolecular Hbond substituents is 2. The smallest absolute Gasteiger partial charge is 0.343 e. The van der Waals surface area contributed by atoms with Gasteiger partial charge in [0, 0.05) is 49.4 Å². The highest BCUT2D eigenvalue weighted by Crippen LogP contribution is 2.40. The number of hydrogen-bond donors (Lipinski definition) is 6. The first kappa shape index (κ1) is 43.6. The Morgan fingerprint density at radius 1 is 0.556 bits per heavy atom. The summed E-state index contributed by atoms with van der Waals surface area (Å²) in [5, 5.41) is 26.8. The fourth-order valence-corrected chi connectivity index (χ4v) is 6.14. The van der Waals surface area contributed by atoms with Gasteiger partial charge >= 0.3 is 11.9 Å². The number of esters is 2. The molecule has 0 saturated carbocycles. The third kappa shape index (κ3) is 12.6. The number of hydrogen-bond acceptors (Lipinski definition) is 12. The maximum absolute atomic E-state index is 12.1. The van der Waals surface area contributed by atoms with Gasteiger partial charge < -0.3 is 30.3 Å². The van der Waals surface area contributed by atoms with E-state index in [-0.39, 0.29) is 33.8 Å². The molecule has 0 bridgehead atoms. The van der Waals surface area contributed by atoms with Crippen molar-refractivity contribution < 1.29 is 55.2 Å². The molecule has 54 heavy (non-hydrogen) atoms. The van der Waals surface area contributed by atoms with Crippen molar-refractivity contribution in [1.82, 2.24) is 10.6 Å². The summed E-state index contributed by atoms with van der Waals surface area (Å²) in [6, 6.07) is 20.9. The molecule has 0 amide bonds. The highest BCUT2D eigenvalue weighted by molar-refractivity contribution is 7.86. The Bertz CT molecular complexity index is 1980.